The van der Waals surface area contributed by atoms with Gasteiger partial charge in [0.1, 0.15) is 0 Å². The molecule has 1 aromatic rings. The van der Waals surface area contributed by atoms with Gasteiger partial charge in [0.15, 0.2) is 0 Å². The first kappa shape index (κ1) is 12.0. The molecule has 1 rings (SSSR count). The Hall–Kier alpha value is -0.0600. The number of rotatable bonds is 3. The topological polar surface area (TPSA) is 0 Å². The van der Waals surface area contributed by atoms with E-state index in [1.54, 1.807) is 18.2 Å². The van der Waals surface area contributed by atoms with E-state index in [2.05, 4.69) is 11.6 Å². The highest BCUT2D eigenvalue weighted by molar-refractivity contribution is 8.01. The van der Waals surface area contributed by atoms with Gasteiger partial charge in [0.05, 0.1) is 0 Å². The van der Waals surface area contributed by atoms with Gasteiger partial charge in [-0.2, -0.15) is 8.78 Å². The summed E-state index contributed by atoms with van der Waals surface area (Å²) in [6, 6.07) is 7.77. The fourth-order valence-electron chi connectivity index (χ4n) is 0.694. The van der Waals surface area contributed by atoms with Crippen molar-refractivity contribution in [2.24, 2.45) is 0 Å². The van der Waals surface area contributed by atoms with Gasteiger partial charge in [-0.1, -0.05) is 41.6 Å². The molecule has 1 atom stereocenters. The average molecular weight is 261 g/mol. The van der Waals surface area contributed by atoms with Crippen molar-refractivity contribution in [2.75, 3.05) is 0 Å². The molecule has 0 bridgehead atoms. The molecule has 0 aromatic heterocycles. The summed E-state index contributed by atoms with van der Waals surface area (Å²) >= 11 is 9.64. The zero-order chi connectivity index (χ0) is 10.8. The van der Waals surface area contributed by atoms with Gasteiger partial charge in [-0.25, -0.2) is 4.39 Å². The highest BCUT2D eigenvalue weighted by Crippen LogP contribution is 2.50. The summed E-state index contributed by atoms with van der Waals surface area (Å²) < 4.78 is 34.6. The van der Waals surface area contributed by atoms with Crippen molar-refractivity contribution in [3.63, 3.8) is 0 Å². The Kier molecular flexibility index (Phi) is 3.61. The molecule has 0 N–H and O–H groups in total. The Labute approximate surface area is 93.4 Å². The van der Waals surface area contributed by atoms with Crippen molar-refractivity contribution in [2.45, 2.75) is 14.7 Å². The van der Waals surface area contributed by atoms with Crippen LogP contribution in [-0.4, -0.2) is 9.84 Å². The zero-order valence-electron chi connectivity index (χ0n) is 6.68. The van der Waals surface area contributed by atoms with Crippen LogP contribution in [0.5, 0.6) is 0 Å². The number of halogens is 5. The summed E-state index contributed by atoms with van der Waals surface area (Å²) in [6.07, 6.45) is 0. The van der Waals surface area contributed by atoms with Crippen molar-refractivity contribution in [3.8, 4) is 0 Å². The minimum Gasteiger partial charge on any atom is -0.205 e. The predicted molar refractivity (Wildman–Crippen MR) is 52.8 cm³/mol. The molecule has 6 heteroatoms. The molecule has 0 heterocycles. The van der Waals surface area contributed by atoms with E-state index in [1.807, 2.05) is 0 Å². The minimum absolute atomic E-state index is 0.170. The second-order valence-corrected chi connectivity index (χ2v) is 4.89. The first-order valence-corrected chi connectivity index (χ1v) is 5.09. The van der Waals surface area contributed by atoms with Crippen molar-refractivity contribution in [1.29, 1.82) is 0 Å². The molecule has 0 nitrogen and oxygen atoms in total. The summed E-state index contributed by atoms with van der Waals surface area (Å²) in [7, 11) is 0. The van der Waals surface area contributed by atoms with Crippen LogP contribution in [0.3, 0.4) is 0 Å². The van der Waals surface area contributed by atoms with Crippen LogP contribution in [0.2, 0.25) is 0 Å². The van der Waals surface area contributed by atoms with Crippen LogP contribution >= 0.6 is 35.0 Å². The highest BCUT2D eigenvalue weighted by Gasteiger charge is 2.53. The average Bonchev–Trinajstić information content (AvgIpc) is 2.03. The Balaban J connectivity index is 2.79. The molecule has 1 unspecified atom stereocenters. The summed E-state index contributed by atoms with van der Waals surface area (Å²) in [4.78, 5) is 0.283. The smallest absolute Gasteiger partial charge is 0.205 e. The normalized spacial score (nSPS) is 16.4. The number of hydrogen-bond donors (Lipinski definition) is 0. The third kappa shape index (κ3) is 2.97. The fraction of sp³-hybridized carbons (Fsp3) is 0.250. The fourth-order valence-corrected chi connectivity index (χ4v) is 1.78. The quantitative estimate of drug-likeness (QED) is 0.571. The van der Waals surface area contributed by atoms with Crippen LogP contribution in [0.1, 0.15) is 0 Å². The Bertz CT molecular complexity index is 297. The lowest BCUT2D eigenvalue weighted by molar-refractivity contribution is 0.0281. The van der Waals surface area contributed by atoms with Gasteiger partial charge in [-0.3, -0.25) is 0 Å². The molecular formula is C8H5Cl2F3S. The predicted octanol–water partition coefficient (Wildman–Crippen LogP) is 4.47. The monoisotopic (exact) mass is 260 g/mol. The first-order chi connectivity index (χ1) is 6.33. The second-order valence-electron chi connectivity index (χ2n) is 2.43. The molecular weight excluding hydrogens is 256 g/mol. The molecule has 0 aliphatic carbocycles. The molecule has 78 valence electrons. The van der Waals surface area contributed by atoms with E-state index in [0.717, 1.165) is 0 Å². The van der Waals surface area contributed by atoms with Crippen molar-refractivity contribution in [1.82, 2.24) is 0 Å². The van der Waals surface area contributed by atoms with Gasteiger partial charge in [0.2, 0.25) is 0 Å². The standard InChI is InChI=1S/C8H5Cl2F3S/c9-7(11,12)8(10,13)14-6-4-2-1-3-5-6/h1-5H. The lowest BCUT2D eigenvalue weighted by Crippen LogP contribution is -2.30. The Morgan fingerprint density at radius 2 is 1.50 bits per heavy atom. The van der Waals surface area contributed by atoms with Gasteiger partial charge in [0.25, 0.3) is 0 Å². The molecule has 0 spiro atoms. The maximum absolute atomic E-state index is 13.1. The van der Waals surface area contributed by atoms with E-state index in [1.165, 1.54) is 12.1 Å². The van der Waals surface area contributed by atoms with E-state index in [-0.39, 0.29) is 16.7 Å². The molecule has 1 aromatic carbocycles. The van der Waals surface area contributed by atoms with E-state index >= 15 is 0 Å². The molecule has 0 saturated heterocycles. The van der Waals surface area contributed by atoms with Gasteiger partial charge >= 0.3 is 9.84 Å². The summed E-state index contributed by atoms with van der Waals surface area (Å²) in [5.41, 5.74) is 0. The summed E-state index contributed by atoms with van der Waals surface area (Å²) in [5, 5.41) is -4.12. The Morgan fingerprint density at radius 3 is 1.93 bits per heavy atom. The zero-order valence-corrected chi connectivity index (χ0v) is 9.01. The van der Waals surface area contributed by atoms with Gasteiger partial charge < -0.3 is 0 Å². The SMILES string of the molecule is FC(F)(Cl)C(F)(Cl)Sc1ccccc1. The Morgan fingerprint density at radius 1 is 1.00 bits per heavy atom. The van der Waals surface area contributed by atoms with Gasteiger partial charge in [-0.05, 0) is 23.7 Å². The third-order valence-corrected chi connectivity index (χ3v) is 3.28. The van der Waals surface area contributed by atoms with Crippen molar-refractivity contribution < 1.29 is 13.2 Å². The number of thioether (sulfide) groups is 1. The first-order valence-electron chi connectivity index (χ1n) is 3.51. The number of alkyl halides is 5. The maximum atomic E-state index is 13.1. The van der Waals surface area contributed by atoms with Gasteiger partial charge in [-0.15, -0.1) is 0 Å². The largest absolute Gasteiger partial charge is 0.379 e. The molecule has 0 saturated carbocycles. The lowest BCUT2D eigenvalue weighted by atomic mass is 10.4. The summed E-state index contributed by atoms with van der Waals surface area (Å²) in [6.45, 7) is 0. The number of benzene rings is 1. The molecule has 0 aliphatic heterocycles. The van der Waals surface area contributed by atoms with Crippen LogP contribution in [0.15, 0.2) is 35.2 Å². The van der Waals surface area contributed by atoms with Crippen LogP contribution < -0.4 is 0 Å². The van der Waals surface area contributed by atoms with E-state index in [4.69, 9.17) is 11.6 Å². The molecule has 0 aliphatic rings. The van der Waals surface area contributed by atoms with Crippen molar-refractivity contribution in [3.05, 3.63) is 30.3 Å². The van der Waals surface area contributed by atoms with Crippen LogP contribution in [0.25, 0.3) is 0 Å². The second kappa shape index (κ2) is 4.21. The van der Waals surface area contributed by atoms with E-state index in [9.17, 15) is 13.2 Å². The third-order valence-electron chi connectivity index (χ3n) is 1.32. The maximum Gasteiger partial charge on any atom is 0.379 e. The number of hydrogen-bond acceptors (Lipinski definition) is 1. The van der Waals surface area contributed by atoms with E-state index < -0.39 is 9.84 Å². The lowest BCUT2D eigenvalue weighted by Gasteiger charge is -2.21. The molecule has 14 heavy (non-hydrogen) atoms. The van der Waals surface area contributed by atoms with E-state index in [0.29, 0.717) is 0 Å². The van der Waals surface area contributed by atoms with Crippen molar-refractivity contribution >= 4 is 35.0 Å². The van der Waals surface area contributed by atoms with Crippen LogP contribution in [-0.2, 0) is 0 Å². The molecule has 0 fully saturated rings. The molecule has 0 amide bonds. The van der Waals surface area contributed by atoms with Gasteiger partial charge in [0, 0.05) is 4.90 Å². The summed E-state index contributed by atoms with van der Waals surface area (Å²) in [5.74, 6) is 0. The van der Waals surface area contributed by atoms with Crippen LogP contribution in [0.4, 0.5) is 13.2 Å². The van der Waals surface area contributed by atoms with Crippen LogP contribution in [0, 0.1) is 0 Å². The minimum atomic E-state index is -4.12. The highest BCUT2D eigenvalue weighted by atomic mass is 35.5. The molecule has 0 radical (unpaired) electrons.